The Hall–Kier alpha value is -1.21. The number of carbonyl (C=O) groups excluding carboxylic acids is 1. The molecule has 0 aromatic rings. The number of aliphatic hydroxyl groups is 1. The van der Waals surface area contributed by atoms with Crippen LogP contribution >= 0.6 is 0 Å². The Labute approximate surface area is 84.6 Å². The van der Waals surface area contributed by atoms with E-state index in [2.05, 4.69) is 17.3 Å². The first-order chi connectivity index (χ1) is 6.35. The van der Waals surface area contributed by atoms with Crippen LogP contribution in [0.25, 0.3) is 0 Å². The van der Waals surface area contributed by atoms with E-state index in [1.165, 1.54) is 0 Å². The fraction of sp³-hybridized carbons (Fsp3) is 0.700. The molecule has 0 aromatic carbocycles. The summed E-state index contributed by atoms with van der Waals surface area (Å²) >= 11 is 0. The molecule has 80 valence electrons. The van der Waals surface area contributed by atoms with E-state index < -0.39 is 11.7 Å². The van der Waals surface area contributed by atoms with Crippen LogP contribution < -0.4 is 5.32 Å². The monoisotopic (exact) mass is 199 g/mol. The minimum atomic E-state index is -0.574. The topological polar surface area (TPSA) is 58.6 Å². The van der Waals surface area contributed by atoms with Crippen molar-refractivity contribution in [2.75, 3.05) is 6.61 Å². The van der Waals surface area contributed by atoms with Gasteiger partial charge in [0.15, 0.2) is 0 Å². The highest BCUT2D eigenvalue weighted by atomic mass is 16.6. The van der Waals surface area contributed by atoms with Gasteiger partial charge in [-0.15, -0.1) is 0 Å². The van der Waals surface area contributed by atoms with E-state index in [-0.39, 0.29) is 12.5 Å². The first-order valence-electron chi connectivity index (χ1n) is 4.45. The molecule has 0 heterocycles. The van der Waals surface area contributed by atoms with Gasteiger partial charge in [0.25, 0.3) is 0 Å². The predicted molar refractivity (Wildman–Crippen MR) is 53.4 cm³/mol. The fourth-order valence-corrected chi connectivity index (χ4v) is 0.560. The zero-order chi connectivity index (χ0) is 11.2. The van der Waals surface area contributed by atoms with Crippen molar-refractivity contribution in [1.82, 2.24) is 5.32 Å². The number of ether oxygens (including phenoxy) is 1. The summed E-state index contributed by atoms with van der Waals surface area (Å²) in [6.07, 6.45) is -0.574. The molecule has 0 fully saturated rings. The van der Waals surface area contributed by atoms with Gasteiger partial charge < -0.3 is 9.84 Å². The van der Waals surface area contributed by atoms with Crippen molar-refractivity contribution in [2.45, 2.75) is 33.3 Å². The molecular formula is C10H17NO3. The van der Waals surface area contributed by atoms with Crippen molar-refractivity contribution in [3.8, 4) is 12.0 Å². The number of hydrogen-bond donors (Lipinski definition) is 2. The molecule has 2 N–H and O–H groups in total. The Kier molecular flexibility index (Phi) is 5.03. The average molecular weight is 199 g/mol. The van der Waals surface area contributed by atoms with Gasteiger partial charge in [-0.3, -0.25) is 0 Å². The second-order valence-corrected chi connectivity index (χ2v) is 3.98. The first-order valence-corrected chi connectivity index (χ1v) is 4.45. The van der Waals surface area contributed by atoms with E-state index in [9.17, 15) is 4.79 Å². The number of aliphatic hydroxyl groups excluding tert-OH is 1. The van der Waals surface area contributed by atoms with E-state index in [1.54, 1.807) is 27.7 Å². The Morgan fingerprint density at radius 1 is 1.57 bits per heavy atom. The second kappa shape index (κ2) is 5.51. The molecule has 1 atom stereocenters. The minimum absolute atomic E-state index is 0.0248. The summed E-state index contributed by atoms with van der Waals surface area (Å²) in [5, 5.41) is 10.9. The van der Waals surface area contributed by atoms with Gasteiger partial charge in [-0.1, -0.05) is 5.92 Å². The lowest BCUT2D eigenvalue weighted by Crippen LogP contribution is -2.30. The molecule has 0 aromatic heterocycles. The standard InChI is InChI=1S/C10H17NO3/c1-8(7-12)5-6-11-9(13)14-10(2,3)4/h8,12H,7H2,1-4H3,(H,11,13). The molecule has 0 aliphatic carbocycles. The maximum absolute atomic E-state index is 11.0. The molecule has 1 unspecified atom stereocenters. The van der Waals surface area contributed by atoms with Crippen molar-refractivity contribution < 1.29 is 14.6 Å². The molecule has 0 saturated heterocycles. The van der Waals surface area contributed by atoms with Crippen LogP contribution in [0.3, 0.4) is 0 Å². The molecule has 0 radical (unpaired) electrons. The zero-order valence-electron chi connectivity index (χ0n) is 9.05. The van der Waals surface area contributed by atoms with E-state index in [0.29, 0.717) is 0 Å². The van der Waals surface area contributed by atoms with Crippen LogP contribution in [0, 0.1) is 17.9 Å². The molecule has 0 aliphatic rings. The van der Waals surface area contributed by atoms with Crippen LogP contribution in [-0.2, 0) is 4.74 Å². The average Bonchev–Trinajstić information content (AvgIpc) is 2.00. The molecule has 1 amide bonds. The Balaban J connectivity index is 3.89. The minimum Gasteiger partial charge on any atom is -0.443 e. The molecule has 0 aliphatic heterocycles. The van der Waals surface area contributed by atoms with Gasteiger partial charge in [0.2, 0.25) is 0 Å². The molecule has 0 rings (SSSR count). The van der Waals surface area contributed by atoms with Gasteiger partial charge in [-0.2, -0.15) is 0 Å². The summed E-state index contributed by atoms with van der Waals surface area (Å²) in [6.45, 7) is 7.05. The van der Waals surface area contributed by atoms with Crippen molar-refractivity contribution in [1.29, 1.82) is 0 Å². The van der Waals surface area contributed by atoms with E-state index in [1.807, 2.05) is 0 Å². The third kappa shape index (κ3) is 7.44. The molecule has 0 saturated carbocycles. The number of rotatable bonds is 1. The van der Waals surface area contributed by atoms with Crippen LogP contribution in [0.5, 0.6) is 0 Å². The van der Waals surface area contributed by atoms with Gasteiger partial charge in [-0.05, 0) is 27.7 Å². The fourth-order valence-electron chi connectivity index (χ4n) is 0.560. The summed E-state index contributed by atoms with van der Waals surface area (Å²) in [7, 11) is 0. The lowest BCUT2D eigenvalue weighted by atomic mass is 10.2. The second-order valence-electron chi connectivity index (χ2n) is 3.98. The highest BCUT2D eigenvalue weighted by Gasteiger charge is 2.14. The van der Waals surface area contributed by atoms with Crippen molar-refractivity contribution in [3.63, 3.8) is 0 Å². The summed E-state index contributed by atoms with van der Waals surface area (Å²) in [6, 6.07) is 2.42. The van der Waals surface area contributed by atoms with Crippen LogP contribution in [0.1, 0.15) is 27.7 Å². The van der Waals surface area contributed by atoms with E-state index in [0.717, 1.165) is 0 Å². The predicted octanol–water partition coefficient (Wildman–Crippen LogP) is 1.10. The van der Waals surface area contributed by atoms with Crippen molar-refractivity contribution in [3.05, 3.63) is 0 Å². The molecule has 14 heavy (non-hydrogen) atoms. The molecule has 4 heteroatoms. The van der Waals surface area contributed by atoms with Crippen LogP contribution in [0.15, 0.2) is 0 Å². The molecule has 0 bridgehead atoms. The molecular weight excluding hydrogens is 182 g/mol. The maximum atomic E-state index is 11.0. The molecule has 4 nitrogen and oxygen atoms in total. The van der Waals surface area contributed by atoms with Gasteiger partial charge in [0.1, 0.15) is 5.60 Å². The van der Waals surface area contributed by atoms with Gasteiger partial charge in [0, 0.05) is 12.0 Å². The number of alkyl carbamates (subject to hydrolysis) is 1. The van der Waals surface area contributed by atoms with Crippen LogP contribution in [0.2, 0.25) is 0 Å². The Bertz CT molecular complexity index is 244. The Morgan fingerprint density at radius 3 is 2.57 bits per heavy atom. The largest absolute Gasteiger partial charge is 0.443 e. The maximum Gasteiger partial charge on any atom is 0.419 e. The summed E-state index contributed by atoms with van der Waals surface area (Å²) in [5.41, 5.74) is -0.519. The van der Waals surface area contributed by atoms with Gasteiger partial charge in [0.05, 0.1) is 6.61 Å². The number of carbonyl (C=O) groups is 1. The first kappa shape index (κ1) is 12.8. The van der Waals surface area contributed by atoms with Gasteiger partial charge in [-0.25, -0.2) is 10.1 Å². The van der Waals surface area contributed by atoms with Crippen LogP contribution in [0.4, 0.5) is 4.79 Å². The SMILES string of the molecule is CC(C#CNC(=O)OC(C)(C)C)CO. The lowest BCUT2D eigenvalue weighted by Gasteiger charge is -2.18. The van der Waals surface area contributed by atoms with Crippen molar-refractivity contribution in [2.24, 2.45) is 5.92 Å². The Morgan fingerprint density at radius 2 is 2.14 bits per heavy atom. The number of nitrogens with one attached hydrogen (secondary N) is 1. The summed E-state index contributed by atoms with van der Waals surface area (Å²) in [5.74, 6) is 2.49. The lowest BCUT2D eigenvalue weighted by molar-refractivity contribution is 0.0557. The number of amides is 1. The quantitative estimate of drug-likeness (QED) is 0.491. The highest BCUT2D eigenvalue weighted by Crippen LogP contribution is 2.05. The van der Waals surface area contributed by atoms with Crippen molar-refractivity contribution >= 4 is 6.09 Å². The van der Waals surface area contributed by atoms with E-state index in [4.69, 9.17) is 9.84 Å². The third-order valence-electron chi connectivity index (χ3n) is 1.16. The van der Waals surface area contributed by atoms with Crippen LogP contribution in [-0.4, -0.2) is 23.4 Å². The van der Waals surface area contributed by atoms with Gasteiger partial charge >= 0.3 is 6.09 Å². The normalized spacial score (nSPS) is 12.4. The zero-order valence-corrected chi connectivity index (χ0v) is 9.05. The highest BCUT2D eigenvalue weighted by molar-refractivity contribution is 5.69. The summed E-state index contributed by atoms with van der Waals surface area (Å²) in [4.78, 5) is 11.0. The third-order valence-corrected chi connectivity index (χ3v) is 1.16. The smallest absolute Gasteiger partial charge is 0.419 e. The number of hydrogen-bond acceptors (Lipinski definition) is 3. The summed E-state index contributed by atoms with van der Waals surface area (Å²) < 4.78 is 4.94. The molecule has 0 spiro atoms. The van der Waals surface area contributed by atoms with E-state index >= 15 is 0 Å².